The van der Waals surface area contributed by atoms with Gasteiger partial charge >= 0.3 is 5.92 Å². The van der Waals surface area contributed by atoms with Gasteiger partial charge in [-0.25, -0.2) is 4.98 Å². The summed E-state index contributed by atoms with van der Waals surface area (Å²) in [7, 11) is 0. The second-order valence-corrected chi connectivity index (χ2v) is 10.9. The van der Waals surface area contributed by atoms with Gasteiger partial charge in [-0.2, -0.15) is 18.7 Å². The maximum absolute atomic E-state index is 14.4. The predicted octanol–water partition coefficient (Wildman–Crippen LogP) is 5.86. The van der Waals surface area contributed by atoms with Crippen LogP contribution >= 0.6 is 0 Å². The molecule has 4 N–H and O–H groups in total. The summed E-state index contributed by atoms with van der Waals surface area (Å²) in [5.74, 6) is 2.02. The van der Waals surface area contributed by atoms with Crippen LogP contribution in [0, 0.1) is 17.8 Å². The van der Waals surface area contributed by atoms with E-state index in [1.807, 2.05) is 24.3 Å². The fourth-order valence-corrected chi connectivity index (χ4v) is 5.03. The number of amides is 1. The molecule has 0 aliphatic heterocycles. The summed E-state index contributed by atoms with van der Waals surface area (Å²) >= 11 is 0. The van der Waals surface area contributed by atoms with E-state index in [9.17, 15) is 13.6 Å². The molecule has 11 heteroatoms. The molecule has 230 valence electrons. The minimum Gasteiger partial charge on any atom is -0.494 e. The monoisotopic (exact) mass is 602 g/mol. The van der Waals surface area contributed by atoms with Crippen LogP contribution in [-0.4, -0.2) is 44.9 Å². The van der Waals surface area contributed by atoms with Crippen molar-refractivity contribution in [1.82, 2.24) is 25.3 Å². The SMILES string of the molecule is Nc1nc(OCc2ccc(OCCCCCNC(=O)c3ccc(CC4CCCCC#CC4(F)F)cc3)cc2)c2[nH]cnc2n1. The molecule has 5 rings (SSSR count). The van der Waals surface area contributed by atoms with E-state index in [0.717, 1.165) is 49.0 Å². The maximum atomic E-state index is 14.4. The van der Waals surface area contributed by atoms with E-state index in [2.05, 4.69) is 37.1 Å². The number of carbonyl (C=O) groups excluding carboxylic acids is 1. The summed E-state index contributed by atoms with van der Waals surface area (Å²) in [5, 5.41) is 2.93. The third-order valence-electron chi connectivity index (χ3n) is 7.51. The summed E-state index contributed by atoms with van der Waals surface area (Å²) < 4.78 is 40.5. The number of anilines is 1. The van der Waals surface area contributed by atoms with Gasteiger partial charge in [-0.05, 0) is 79.8 Å². The number of carbonyl (C=O) groups is 1. The van der Waals surface area contributed by atoms with Crippen molar-refractivity contribution in [2.45, 2.75) is 63.9 Å². The average molecular weight is 603 g/mol. The average Bonchev–Trinajstić information content (AvgIpc) is 3.49. The van der Waals surface area contributed by atoms with E-state index in [4.69, 9.17) is 15.2 Å². The number of rotatable bonds is 13. The summed E-state index contributed by atoms with van der Waals surface area (Å²) in [6, 6.07) is 14.6. The Bertz CT molecular complexity index is 1600. The molecule has 1 aliphatic rings. The lowest BCUT2D eigenvalue weighted by atomic mass is 9.87. The van der Waals surface area contributed by atoms with E-state index < -0.39 is 11.8 Å². The minimum absolute atomic E-state index is 0.0982. The van der Waals surface area contributed by atoms with Gasteiger partial charge in [-0.1, -0.05) is 36.6 Å². The molecule has 1 atom stereocenters. The summed E-state index contributed by atoms with van der Waals surface area (Å²) in [5.41, 5.74) is 9.03. The third kappa shape index (κ3) is 8.43. The van der Waals surface area contributed by atoms with Crippen LogP contribution in [0.5, 0.6) is 11.6 Å². The van der Waals surface area contributed by atoms with Crippen molar-refractivity contribution < 1.29 is 23.0 Å². The van der Waals surface area contributed by atoms with Gasteiger partial charge in [0, 0.05) is 24.4 Å². The van der Waals surface area contributed by atoms with Crippen LogP contribution in [0.1, 0.15) is 66.4 Å². The fraction of sp³-hybridized carbons (Fsp3) is 0.394. The molecule has 0 bridgehead atoms. The molecule has 0 fully saturated rings. The number of nitrogens with one attached hydrogen (secondary N) is 2. The largest absolute Gasteiger partial charge is 0.494 e. The van der Waals surface area contributed by atoms with E-state index in [1.165, 1.54) is 6.33 Å². The number of alkyl halides is 2. The first kappa shape index (κ1) is 30.7. The number of nitrogens with zero attached hydrogens (tertiary/aromatic N) is 3. The number of H-pyrrole nitrogens is 1. The van der Waals surface area contributed by atoms with Crippen molar-refractivity contribution in [3.8, 4) is 23.5 Å². The van der Waals surface area contributed by atoms with Gasteiger partial charge in [-0.3, -0.25) is 4.79 Å². The molecule has 1 amide bonds. The van der Waals surface area contributed by atoms with Crippen LogP contribution in [0.2, 0.25) is 0 Å². The molecule has 1 aliphatic carbocycles. The van der Waals surface area contributed by atoms with Gasteiger partial charge in [0.05, 0.1) is 12.9 Å². The minimum atomic E-state index is -2.98. The first-order valence-electron chi connectivity index (χ1n) is 14.9. The normalized spacial score (nSPS) is 15.9. The lowest BCUT2D eigenvalue weighted by Gasteiger charge is -2.24. The zero-order valence-corrected chi connectivity index (χ0v) is 24.5. The highest BCUT2D eigenvalue weighted by Crippen LogP contribution is 2.33. The molecule has 2 aromatic heterocycles. The maximum Gasteiger partial charge on any atom is 0.311 e. The number of halogens is 2. The lowest BCUT2D eigenvalue weighted by molar-refractivity contribution is -0.00443. The second kappa shape index (κ2) is 14.6. The number of aromatic amines is 1. The van der Waals surface area contributed by atoms with Crippen LogP contribution in [0.15, 0.2) is 54.9 Å². The van der Waals surface area contributed by atoms with Crippen molar-refractivity contribution in [2.24, 2.45) is 5.92 Å². The molecule has 9 nitrogen and oxygen atoms in total. The van der Waals surface area contributed by atoms with Crippen molar-refractivity contribution in [3.05, 3.63) is 71.5 Å². The molecule has 0 saturated heterocycles. The Morgan fingerprint density at radius 3 is 2.64 bits per heavy atom. The number of imidazole rings is 1. The fourth-order valence-electron chi connectivity index (χ4n) is 5.03. The highest BCUT2D eigenvalue weighted by atomic mass is 19.3. The van der Waals surface area contributed by atoms with Gasteiger partial charge in [0.2, 0.25) is 11.8 Å². The molecule has 0 saturated carbocycles. The highest BCUT2D eigenvalue weighted by Gasteiger charge is 2.37. The Labute approximate surface area is 255 Å². The van der Waals surface area contributed by atoms with Gasteiger partial charge in [0.15, 0.2) is 5.65 Å². The Balaban J connectivity index is 0.961. The van der Waals surface area contributed by atoms with Crippen LogP contribution < -0.4 is 20.5 Å². The number of hydrogen-bond donors (Lipinski definition) is 3. The quantitative estimate of drug-likeness (QED) is 0.129. The Morgan fingerprint density at radius 2 is 1.82 bits per heavy atom. The van der Waals surface area contributed by atoms with Crippen molar-refractivity contribution in [2.75, 3.05) is 18.9 Å². The third-order valence-corrected chi connectivity index (χ3v) is 7.51. The first-order valence-corrected chi connectivity index (χ1v) is 14.9. The molecule has 1 unspecified atom stereocenters. The molecule has 2 heterocycles. The van der Waals surface area contributed by atoms with Gasteiger partial charge in [-0.15, -0.1) is 0 Å². The number of aromatic nitrogens is 4. The number of unbranched alkanes of at least 4 members (excludes halogenated alkanes) is 2. The number of hydrogen-bond acceptors (Lipinski definition) is 7. The Hall–Kier alpha value is -4.72. The second-order valence-electron chi connectivity index (χ2n) is 10.9. The van der Waals surface area contributed by atoms with Crippen LogP contribution in [-0.2, 0) is 13.0 Å². The van der Waals surface area contributed by atoms with Crippen molar-refractivity contribution >= 4 is 23.0 Å². The number of benzene rings is 2. The van der Waals surface area contributed by atoms with Gasteiger partial charge in [0.25, 0.3) is 5.91 Å². The molecule has 4 aromatic rings. The summed E-state index contributed by atoms with van der Waals surface area (Å²) in [4.78, 5) is 27.7. The summed E-state index contributed by atoms with van der Waals surface area (Å²) in [6.45, 7) is 1.41. The van der Waals surface area contributed by atoms with E-state index in [-0.39, 0.29) is 18.3 Å². The Morgan fingerprint density at radius 1 is 1.02 bits per heavy atom. The Kier molecular flexibility index (Phi) is 10.2. The number of ether oxygens (including phenoxy) is 2. The molecular formula is C33H36F2N6O3. The molecule has 0 spiro atoms. The van der Waals surface area contributed by atoms with Gasteiger partial charge < -0.3 is 25.5 Å². The molecular weight excluding hydrogens is 566 g/mol. The molecule has 0 radical (unpaired) electrons. The smallest absolute Gasteiger partial charge is 0.311 e. The zero-order chi connectivity index (χ0) is 30.8. The highest BCUT2D eigenvalue weighted by molar-refractivity contribution is 5.94. The first-order chi connectivity index (χ1) is 21.4. The van der Waals surface area contributed by atoms with Crippen molar-refractivity contribution in [3.63, 3.8) is 0 Å². The van der Waals surface area contributed by atoms with Gasteiger partial charge in [0.1, 0.15) is 17.9 Å². The van der Waals surface area contributed by atoms with Crippen LogP contribution in [0.25, 0.3) is 11.2 Å². The zero-order valence-electron chi connectivity index (χ0n) is 24.5. The van der Waals surface area contributed by atoms with Crippen molar-refractivity contribution in [1.29, 1.82) is 0 Å². The van der Waals surface area contributed by atoms with E-state index >= 15 is 0 Å². The van der Waals surface area contributed by atoms with Crippen LogP contribution in [0.3, 0.4) is 0 Å². The predicted molar refractivity (Wildman–Crippen MR) is 163 cm³/mol. The topological polar surface area (TPSA) is 128 Å². The summed E-state index contributed by atoms with van der Waals surface area (Å²) in [6.07, 6.45) is 6.93. The number of nitrogen functional groups attached to an aromatic ring is 1. The van der Waals surface area contributed by atoms with E-state index in [0.29, 0.717) is 55.2 Å². The number of fused-ring (bicyclic) bond motifs is 1. The lowest BCUT2D eigenvalue weighted by Crippen LogP contribution is -2.29. The number of nitrogens with two attached hydrogens (primary N) is 1. The van der Waals surface area contributed by atoms with E-state index in [1.54, 1.807) is 24.3 Å². The molecule has 2 aromatic carbocycles. The standard InChI is InChI=1S/C33H36F2N6O3/c34-33(35)17-5-2-1-4-8-26(33)20-23-9-13-25(14-10-23)30(42)37-18-6-3-7-19-43-27-15-11-24(12-16-27)21-44-31-28-29(39-22-38-28)40-32(36)41-31/h9-16,22,26H,1-4,6-8,18-21H2,(H,37,42)(H3,36,38,39,40,41). The molecule has 44 heavy (non-hydrogen) atoms. The van der Waals surface area contributed by atoms with Crippen LogP contribution in [0.4, 0.5) is 14.7 Å².